The number of pyridine rings is 1. The second kappa shape index (κ2) is 13.7. The topological polar surface area (TPSA) is 101 Å². The molecule has 0 saturated carbocycles. The Bertz CT molecular complexity index is 2020. The van der Waals surface area contributed by atoms with Gasteiger partial charge in [0.25, 0.3) is 9.04 Å². The normalized spacial score (nSPS) is 11.8. The van der Waals surface area contributed by atoms with Crippen molar-refractivity contribution in [2.24, 2.45) is 0 Å². The zero-order valence-corrected chi connectivity index (χ0v) is 28.6. The molecule has 0 atom stereocenters. The highest BCUT2D eigenvalue weighted by Gasteiger charge is 2.22. The van der Waals surface area contributed by atoms with Gasteiger partial charge in [-0.25, -0.2) is 9.37 Å². The van der Waals surface area contributed by atoms with Crippen LogP contribution in [0.3, 0.4) is 0 Å². The maximum absolute atomic E-state index is 14.8. The van der Waals surface area contributed by atoms with Crippen LogP contribution in [-0.2, 0) is 29.6 Å². The molecule has 3 heterocycles. The van der Waals surface area contributed by atoms with E-state index in [0.29, 0.717) is 27.1 Å². The fraction of sp³-hybridized carbons (Fsp3) is 0.200. The van der Waals surface area contributed by atoms with Crippen molar-refractivity contribution in [3.8, 4) is 5.75 Å². The minimum atomic E-state index is -1.59. The van der Waals surface area contributed by atoms with Crippen molar-refractivity contribution >= 4 is 52.3 Å². The lowest BCUT2D eigenvalue weighted by atomic mass is 9.87. The third-order valence-corrected chi connectivity index (χ3v) is 10.3. The van der Waals surface area contributed by atoms with Gasteiger partial charge in [-0.2, -0.15) is 14.4 Å². The molecule has 0 aliphatic heterocycles. The Morgan fingerprint density at radius 3 is 2.26 bits per heavy atom. The van der Waals surface area contributed by atoms with Crippen LogP contribution in [0, 0.1) is 11.9 Å². The number of benzene rings is 3. The molecule has 0 aliphatic carbocycles. The molecule has 47 heavy (non-hydrogen) atoms. The molecule has 0 aliphatic rings. The molecule has 0 amide bonds. The minimum absolute atomic E-state index is 0.0471. The van der Waals surface area contributed by atoms with E-state index in [-0.39, 0.29) is 42.5 Å². The van der Waals surface area contributed by atoms with Crippen molar-refractivity contribution in [1.29, 1.82) is 0 Å². The summed E-state index contributed by atoms with van der Waals surface area (Å²) in [7, 11) is -1.59. The average Bonchev–Trinajstić information content (AvgIpc) is 3.35. The molecule has 0 saturated heterocycles. The van der Waals surface area contributed by atoms with Crippen molar-refractivity contribution in [2.45, 2.75) is 45.9 Å². The molecule has 239 valence electrons. The van der Waals surface area contributed by atoms with E-state index in [0.717, 1.165) is 15.9 Å². The van der Waals surface area contributed by atoms with E-state index in [1.165, 1.54) is 17.7 Å². The summed E-state index contributed by atoms with van der Waals surface area (Å²) in [4.78, 5) is 16.0. The van der Waals surface area contributed by atoms with Crippen LogP contribution in [0.2, 0.25) is 0 Å². The van der Waals surface area contributed by atoms with E-state index < -0.39 is 15.1 Å². The maximum Gasteiger partial charge on any atom is 0.312 e. The number of nitrogens with two attached hydrogens (primary N) is 1. The monoisotopic (exact) mass is 713 g/mol. The van der Waals surface area contributed by atoms with Crippen LogP contribution in [0.4, 0.5) is 14.6 Å². The first kappa shape index (κ1) is 32.4. The number of nitrogens with zero attached hydrogens (tertiary/aromatic N) is 5. The zero-order chi connectivity index (χ0) is 33.1. The second-order valence-electron chi connectivity index (χ2n) is 12.1. The van der Waals surface area contributed by atoms with Gasteiger partial charge >= 0.3 is 6.08 Å². The van der Waals surface area contributed by atoms with E-state index in [1.54, 1.807) is 23.0 Å². The molecule has 6 aromatic rings. The van der Waals surface area contributed by atoms with E-state index >= 15 is 0 Å². The smallest absolute Gasteiger partial charge is 0.312 e. The highest BCUT2D eigenvalue weighted by Crippen LogP contribution is 2.25. The highest BCUT2D eigenvalue weighted by molar-refractivity contribution is 9.10. The quantitative estimate of drug-likeness (QED) is 0.104. The standard InChI is InChI=1S/C35H32BrF2N6O2Si/c1-35(2,3)25-9-11-29(12-10-25)47(28-7-5-4-6-8-28)46-21-23-13-22(14-26(37)15-23)20-45-27-16-24(17-40-18-27)19-44-32-30(41-33(44)36)31(39)42-34(38)43-32/h4-18H,19-21H2,1-3H3,(H2,39,42,43). The number of anilines is 1. The predicted molar refractivity (Wildman–Crippen MR) is 183 cm³/mol. The van der Waals surface area contributed by atoms with Gasteiger partial charge in [-0.15, -0.1) is 0 Å². The van der Waals surface area contributed by atoms with Crippen LogP contribution in [0.5, 0.6) is 5.75 Å². The first-order valence-corrected chi connectivity index (χ1v) is 17.1. The van der Waals surface area contributed by atoms with Gasteiger partial charge in [0.2, 0.25) is 0 Å². The molecule has 0 spiro atoms. The molecule has 3 aromatic heterocycles. The Hall–Kier alpha value is -4.52. The average molecular weight is 715 g/mol. The molecule has 3 aromatic carbocycles. The third-order valence-electron chi connectivity index (χ3n) is 7.51. The molecule has 12 heteroatoms. The number of hydrogen-bond donors (Lipinski definition) is 1. The summed E-state index contributed by atoms with van der Waals surface area (Å²) in [5, 5.41) is 2.24. The van der Waals surface area contributed by atoms with Gasteiger partial charge < -0.3 is 14.9 Å². The molecule has 0 unspecified atom stereocenters. The number of fused-ring (bicyclic) bond motifs is 1. The van der Waals surface area contributed by atoms with Gasteiger partial charge in [0.1, 0.15) is 18.2 Å². The molecule has 0 bridgehead atoms. The lowest BCUT2D eigenvalue weighted by molar-refractivity contribution is 0.301. The summed E-state index contributed by atoms with van der Waals surface area (Å²) >= 11 is 3.39. The summed E-state index contributed by atoms with van der Waals surface area (Å²) in [6.45, 7) is 7.21. The lowest BCUT2D eigenvalue weighted by Crippen LogP contribution is -2.44. The van der Waals surface area contributed by atoms with E-state index in [1.807, 2.05) is 24.3 Å². The molecule has 8 nitrogen and oxygen atoms in total. The van der Waals surface area contributed by atoms with Crippen molar-refractivity contribution in [2.75, 3.05) is 5.73 Å². The number of hydrogen-bond acceptors (Lipinski definition) is 7. The van der Waals surface area contributed by atoms with Crippen molar-refractivity contribution in [3.05, 3.63) is 130 Å². The van der Waals surface area contributed by atoms with Gasteiger partial charge in [-0.3, -0.25) is 9.55 Å². The predicted octanol–water partition coefficient (Wildman–Crippen LogP) is 6.09. The SMILES string of the molecule is CC(C)(C)c1ccc([Si](OCc2cc(F)cc(COc3cncc(Cn4c(Br)nc5c(N)nc(F)nc54)c3)c2)c2ccccc2)cc1. The maximum atomic E-state index is 14.8. The van der Waals surface area contributed by atoms with Crippen LogP contribution in [0.15, 0.2) is 96.0 Å². The molecule has 0 fully saturated rings. The number of nitrogen functional groups attached to an aromatic ring is 1. The molecule has 1 radical (unpaired) electrons. The first-order chi connectivity index (χ1) is 22.5. The molecule has 2 N–H and O–H groups in total. The van der Waals surface area contributed by atoms with Crippen molar-refractivity contribution in [1.82, 2.24) is 24.5 Å². The number of imidazole rings is 1. The molecular weight excluding hydrogens is 682 g/mol. The van der Waals surface area contributed by atoms with Crippen LogP contribution < -0.4 is 20.8 Å². The number of aromatic nitrogens is 5. The Morgan fingerprint density at radius 2 is 1.53 bits per heavy atom. The van der Waals surface area contributed by atoms with Gasteiger partial charge in [-0.1, -0.05) is 75.4 Å². The van der Waals surface area contributed by atoms with Gasteiger partial charge in [-0.05, 0) is 78.2 Å². The lowest BCUT2D eigenvalue weighted by Gasteiger charge is -2.21. The summed E-state index contributed by atoms with van der Waals surface area (Å²) in [6.07, 6.45) is 2.30. The van der Waals surface area contributed by atoms with E-state index in [2.05, 4.69) is 93.0 Å². The van der Waals surface area contributed by atoms with E-state index in [9.17, 15) is 8.78 Å². The van der Waals surface area contributed by atoms with Crippen LogP contribution in [0.25, 0.3) is 11.2 Å². The number of ether oxygens (including phenoxy) is 1. The Labute approximate surface area is 281 Å². The van der Waals surface area contributed by atoms with Crippen LogP contribution >= 0.6 is 15.9 Å². The van der Waals surface area contributed by atoms with E-state index in [4.69, 9.17) is 14.9 Å². The number of rotatable bonds is 10. The number of halogens is 3. The largest absolute Gasteiger partial charge is 0.487 e. The van der Waals surface area contributed by atoms with Gasteiger partial charge in [0.15, 0.2) is 21.7 Å². The zero-order valence-electron chi connectivity index (χ0n) is 26.0. The minimum Gasteiger partial charge on any atom is -0.487 e. The highest BCUT2D eigenvalue weighted by atomic mass is 79.9. The Morgan fingerprint density at radius 1 is 0.830 bits per heavy atom. The summed E-state index contributed by atoms with van der Waals surface area (Å²) in [6, 6.07) is 25.4. The van der Waals surface area contributed by atoms with Gasteiger partial charge in [0.05, 0.1) is 19.3 Å². The van der Waals surface area contributed by atoms with Crippen LogP contribution in [0.1, 0.15) is 43.0 Å². The summed E-state index contributed by atoms with van der Waals surface area (Å²) in [5.41, 5.74) is 9.79. The molecule has 6 rings (SSSR count). The fourth-order valence-corrected chi connectivity index (χ4v) is 7.58. The Balaban J connectivity index is 1.15. The fourth-order valence-electron chi connectivity index (χ4n) is 5.17. The summed E-state index contributed by atoms with van der Waals surface area (Å²) in [5.74, 6) is 0.0673. The van der Waals surface area contributed by atoms with Crippen molar-refractivity contribution < 1.29 is 17.9 Å². The third kappa shape index (κ3) is 7.72. The Kier molecular flexibility index (Phi) is 9.44. The first-order valence-electron chi connectivity index (χ1n) is 14.9. The van der Waals surface area contributed by atoms with Crippen LogP contribution in [-0.4, -0.2) is 33.5 Å². The molecular formula is C35H32BrF2N6O2Si. The van der Waals surface area contributed by atoms with Gasteiger partial charge in [0, 0.05) is 6.20 Å². The second-order valence-corrected chi connectivity index (χ2v) is 14.9. The summed E-state index contributed by atoms with van der Waals surface area (Å²) < 4.78 is 43.3. The van der Waals surface area contributed by atoms with Crippen molar-refractivity contribution in [3.63, 3.8) is 0 Å².